The Morgan fingerprint density at radius 2 is 1.70 bits per heavy atom. The van der Waals surface area contributed by atoms with Crippen LogP contribution in [0.3, 0.4) is 0 Å². The van der Waals surface area contributed by atoms with Gasteiger partial charge in [-0.2, -0.15) is 0 Å². The number of nitro groups is 1. The third-order valence-corrected chi connectivity index (χ3v) is 5.56. The molecule has 8 heteroatoms. The van der Waals surface area contributed by atoms with Gasteiger partial charge in [0.05, 0.1) is 9.82 Å². The summed E-state index contributed by atoms with van der Waals surface area (Å²) >= 11 is 1.66. The fourth-order valence-electron chi connectivity index (χ4n) is 1.82. The molecule has 0 heterocycles. The Labute approximate surface area is 139 Å². The fraction of sp³-hybridized carbons (Fsp3) is 0.200. The summed E-state index contributed by atoms with van der Waals surface area (Å²) in [5.41, 5.74) is -0.136. The summed E-state index contributed by atoms with van der Waals surface area (Å²) < 4.78 is 26.6. The van der Waals surface area contributed by atoms with Crippen molar-refractivity contribution in [3.8, 4) is 0 Å². The second kappa shape index (κ2) is 8.09. The zero-order valence-electron chi connectivity index (χ0n) is 12.2. The largest absolute Gasteiger partial charge is 0.269 e. The van der Waals surface area contributed by atoms with Gasteiger partial charge < -0.3 is 0 Å². The van der Waals surface area contributed by atoms with Gasteiger partial charge in [-0.15, -0.1) is 11.8 Å². The van der Waals surface area contributed by atoms with Crippen LogP contribution in [0.5, 0.6) is 0 Å². The number of non-ortho nitro benzene ring substituents is 1. The van der Waals surface area contributed by atoms with Crippen LogP contribution in [-0.4, -0.2) is 25.6 Å². The highest BCUT2D eigenvalue weighted by Crippen LogP contribution is 2.18. The molecule has 0 aromatic heterocycles. The summed E-state index contributed by atoms with van der Waals surface area (Å²) in [7, 11) is -3.63. The lowest BCUT2D eigenvalue weighted by atomic mass is 10.3. The van der Waals surface area contributed by atoms with Crippen LogP contribution in [0.1, 0.15) is 6.42 Å². The Kier molecular flexibility index (Phi) is 6.14. The van der Waals surface area contributed by atoms with Crippen LogP contribution in [0.2, 0.25) is 0 Å². The molecule has 0 radical (unpaired) electrons. The number of nitro benzene ring substituents is 1. The average Bonchev–Trinajstić information content (AvgIpc) is 2.55. The van der Waals surface area contributed by atoms with Gasteiger partial charge in [-0.05, 0) is 36.4 Å². The van der Waals surface area contributed by atoms with E-state index in [1.807, 2.05) is 30.3 Å². The van der Waals surface area contributed by atoms with Gasteiger partial charge in [0.2, 0.25) is 10.0 Å². The normalized spacial score (nSPS) is 11.3. The smallest absolute Gasteiger partial charge is 0.258 e. The molecule has 6 nitrogen and oxygen atoms in total. The number of hydrogen-bond donors (Lipinski definition) is 1. The van der Waals surface area contributed by atoms with Crippen molar-refractivity contribution >= 4 is 27.5 Å². The van der Waals surface area contributed by atoms with Gasteiger partial charge in [-0.25, -0.2) is 13.1 Å². The molecule has 2 aromatic rings. The first-order chi connectivity index (χ1) is 11.0. The van der Waals surface area contributed by atoms with Crippen molar-refractivity contribution in [2.75, 3.05) is 12.3 Å². The van der Waals surface area contributed by atoms with E-state index in [0.29, 0.717) is 13.0 Å². The molecule has 1 N–H and O–H groups in total. The Morgan fingerprint density at radius 1 is 1.04 bits per heavy atom. The van der Waals surface area contributed by atoms with E-state index in [0.717, 1.165) is 10.6 Å². The molecule has 0 saturated heterocycles. The Morgan fingerprint density at radius 3 is 2.30 bits per heavy atom. The Bertz CT molecular complexity index is 747. The van der Waals surface area contributed by atoms with Crippen molar-refractivity contribution in [3.63, 3.8) is 0 Å². The van der Waals surface area contributed by atoms with Crippen LogP contribution in [0, 0.1) is 10.1 Å². The van der Waals surface area contributed by atoms with Crippen LogP contribution in [-0.2, 0) is 10.0 Å². The molecule has 0 unspecified atom stereocenters. The molecule has 2 rings (SSSR count). The number of thioether (sulfide) groups is 1. The minimum atomic E-state index is -3.63. The van der Waals surface area contributed by atoms with E-state index >= 15 is 0 Å². The SMILES string of the molecule is O=[N+]([O-])c1ccc(S(=O)(=O)NCCCSc2ccccc2)cc1. The molecule has 0 aliphatic rings. The summed E-state index contributed by atoms with van der Waals surface area (Å²) in [6.07, 6.45) is 0.686. The maximum atomic E-state index is 12.1. The van der Waals surface area contributed by atoms with Crippen molar-refractivity contribution in [2.24, 2.45) is 0 Å². The molecule has 0 bridgehead atoms. The van der Waals surface area contributed by atoms with Crippen LogP contribution in [0.15, 0.2) is 64.4 Å². The molecule has 0 aliphatic heterocycles. The lowest BCUT2D eigenvalue weighted by Crippen LogP contribution is -2.25. The van der Waals surface area contributed by atoms with Gasteiger partial charge >= 0.3 is 0 Å². The number of hydrogen-bond acceptors (Lipinski definition) is 5. The number of sulfonamides is 1. The topological polar surface area (TPSA) is 89.3 Å². The van der Waals surface area contributed by atoms with E-state index < -0.39 is 14.9 Å². The van der Waals surface area contributed by atoms with Gasteiger partial charge in [0, 0.05) is 23.6 Å². The molecule has 0 atom stereocenters. The monoisotopic (exact) mass is 352 g/mol. The quantitative estimate of drug-likeness (QED) is 0.341. The predicted molar refractivity (Wildman–Crippen MR) is 90.1 cm³/mol. The maximum Gasteiger partial charge on any atom is 0.269 e. The Balaban J connectivity index is 1.81. The molecule has 0 aliphatic carbocycles. The second-order valence-electron chi connectivity index (χ2n) is 4.66. The minimum absolute atomic E-state index is 0.0267. The average molecular weight is 352 g/mol. The standard InChI is InChI=1S/C15H16N2O4S2/c18-17(19)13-7-9-15(10-8-13)23(20,21)16-11-4-12-22-14-5-2-1-3-6-14/h1-3,5-10,16H,4,11-12H2. The first-order valence-corrected chi connectivity index (χ1v) is 9.38. The maximum absolute atomic E-state index is 12.1. The zero-order chi connectivity index (χ0) is 16.7. The van der Waals surface area contributed by atoms with Gasteiger partial charge in [0.1, 0.15) is 0 Å². The van der Waals surface area contributed by atoms with E-state index in [1.165, 1.54) is 24.3 Å². The third-order valence-electron chi connectivity index (χ3n) is 2.98. The predicted octanol–water partition coefficient (Wildman–Crippen LogP) is 3.06. The van der Waals surface area contributed by atoms with Gasteiger partial charge in [0.25, 0.3) is 5.69 Å². The molecule has 0 fully saturated rings. The highest BCUT2D eigenvalue weighted by atomic mass is 32.2. The minimum Gasteiger partial charge on any atom is -0.258 e. The first-order valence-electron chi connectivity index (χ1n) is 6.91. The number of benzene rings is 2. The number of nitrogens with zero attached hydrogens (tertiary/aromatic N) is 1. The van der Waals surface area contributed by atoms with Crippen molar-refractivity contribution in [3.05, 3.63) is 64.7 Å². The summed E-state index contributed by atoms with van der Waals surface area (Å²) in [5.74, 6) is 0.798. The van der Waals surface area contributed by atoms with Crippen LogP contribution in [0.25, 0.3) is 0 Å². The van der Waals surface area contributed by atoms with Gasteiger partial charge in [0.15, 0.2) is 0 Å². The lowest BCUT2D eigenvalue weighted by Gasteiger charge is -2.06. The molecule has 0 spiro atoms. The Hall–Kier alpha value is -1.90. The summed E-state index contributed by atoms with van der Waals surface area (Å²) in [5, 5.41) is 10.6. The molecule has 2 aromatic carbocycles. The first kappa shape index (κ1) is 17.5. The van der Waals surface area contributed by atoms with Crippen molar-refractivity contribution in [2.45, 2.75) is 16.2 Å². The summed E-state index contributed by atoms with van der Waals surface area (Å²) in [6, 6.07) is 14.7. The fourth-order valence-corrected chi connectivity index (χ4v) is 3.76. The van der Waals surface area contributed by atoms with E-state index in [-0.39, 0.29) is 10.6 Å². The van der Waals surface area contributed by atoms with Gasteiger partial charge in [-0.3, -0.25) is 10.1 Å². The summed E-state index contributed by atoms with van der Waals surface area (Å²) in [4.78, 5) is 11.2. The highest BCUT2D eigenvalue weighted by Gasteiger charge is 2.15. The number of nitrogens with one attached hydrogen (secondary N) is 1. The summed E-state index contributed by atoms with van der Waals surface area (Å²) in [6.45, 7) is 0.319. The molecule has 0 amide bonds. The molecule has 23 heavy (non-hydrogen) atoms. The third kappa shape index (κ3) is 5.34. The number of rotatable bonds is 8. The zero-order valence-corrected chi connectivity index (χ0v) is 13.8. The van der Waals surface area contributed by atoms with Crippen LogP contribution >= 0.6 is 11.8 Å². The van der Waals surface area contributed by atoms with E-state index in [1.54, 1.807) is 11.8 Å². The van der Waals surface area contributed by atoms with Crippen molar-refractivity contribution < 1.29 is 13.3 Å². The van der Waals surface area contributed by atoms with E-state index in [4.69, 9.17) is 0 Å². The molecule has 122 valence electrons. The lowest BCUT2D eigenvalue weighted by molar-refractivity contribution is -0.384. The molecule has 0 saturated carbocycles. The van der Waals surface area contributed by atoms with Crippen LogP contribution < -0.4 is 4.72 Å². The van der Waals surface area contributed by atoms with Gasteiger partial charge in [-0.1, -0.05) is 18.2 Å². The van der Waals surface area contributed by atoms with Crippen molar-refractivity contribution in [1.82, 2.24) is 4.72 Å². The van der Waals surface area contributed by atoms with Crippen LogP contribution in [0.4, 0.5) is 5.69 Å². The van der Waals surface area contributed by atoms with E-state index in [2.05, 4.69) is 4.72 Å². The second-order valence-corrected chi connectivity index (χ2v) is 7.60. The molecular weight excluding hydrogens is 336 g/mol. The van der Waals surface area contributed by atoms with E-state index in [9.17, 15) is 18.5 Å². The highest BCUT2D eigenvalue weighted by molar-refractivity contribution is 7.99. The molecular formula is C15H16N2O4S2. The van der Waals surface area contributed by atoms with Crippen molar-refractivity contribution in [1.29, 1.82) is 0 Å².